The van der Waals surface area contributed by atoms with Crippen LogP contribution in [0.1, 0.15) is 44.1 Å². The molecular weight excluding hydrogens is 304 g/mol. The molecule has 1 atom stereocenters. The maximum atomic E-state index is 12.6. The molecule has 2 N–H and O–H groups in total. The molecule has 2 aliphatic rings. The molecule has 0 spiro atoms. The molecule has 1 aliphatic carbocycles. The third kappa shape index (κ3) is 4.15. The molecule has 130 valence electrons. The minimum absolute atomic E-state index is 0.0258. The summed E-state index contributed by atoms with van der Waals surface area (Å²) in [4.78, 5) is 26.9. The van der Waals surface area contributed by atoms with Gasteiger partial charge in [0.05, 0.1) is 12.5 Å². The minimum Gasteiger partial charge on any atom is -0.393 e. The van der Waals surface area contributed by atoms with Crippen LogP contribution in [0.3, 0.4) is 0 Å². The van der Waals surface area contributed by atoms with Gasteiger partial charge in [-0.3, -0.25) is 9.59 Å². The molecule has 2 fully saturated rings. The monoisotopic (exact) mass is 330 g/mol. The van der Waals surface area contributed by atoms with Crippen LogP contribution in [0.5, 0.6) is 0 Å². The Morgan fingerprint density at radius 2 is 1.79 bits per heavy atom. The number of hydrogen-bond acceptors (Lipinski definition) is 3. The molecule has 1 aliphatic heterocycles. The van der Waals surface area contributed by atoms with E-state index < -0.39 is 0 Å². The van der Waals surface area contributed by atoms with E-state index in [4.69, 9.17) is 0 Å². The lowest BCUT2D eigenvalue weighted by molar-refractivity contribution is -0.138. The van der Waals surface area contributed by atoms with Gasteiger partial charge in [-0.1, -0.05) is 30.3 Å². The smallest absolute Gasteiger partial charge is 0.243 e. The number of rotatable bonds is 4. The second-order valence-corrected chi connectivity index (χ2v) is 6.92. The number of likely N-dealkylation sites (tertiary alicyclic amines) is 1. The van der Waals surface area contributed by atoms with E-state index in [1.54, 1.807) is 4.90 Å². The van der Waals surface area contributed by atoms with Crippen molar-refractivity contribution >= 4 is 11.8 Å². The first-order valence-electron chi connectivity index (χ1n) is 8.95. The van der Waals surface area contributed by atoms with E-state index in [1.165, 1.54) is 0 Å². The second kappa shape index (κ2) is 7.79. The lowest BCUT2D eigenvalue weighted by Gasteiger charge is -2.29. The summed E-state index contributed by atoms with van der Waals surface area (Å²) in [7, 11) is 0. The number of nitrogens with one attached hydrogen (secondary N) is 1. The van der Waals surface area contributed by atoms with Gasteiger partial charge in [-0.2, -0.15) is 0 Å². The van der Waals surface area contributed by atoms with Gasteiger partial charge in [0.1, 0.15) is 6.04 Å². The van der Waals surface area contributed by atoms with Gasteiger partial charge >= 0.3 is 0 Å². The summed E-state index contributed by atoms with van der Waals surface area (Å²) >= 11 is 0. The fourth-order valence-electron chi connectivity index (χ4n) is 3.73. The Bertz CT molecular complexity index is 567. The number of carbonyl (C=O) groups excluding carboxylic acids is 2. The predicted octanol–water partition coefficient (Wildman–Crippen LogP) is 1.64. The standard InChI is InChI=1S/C19H26N2O3/c22-16-10-8-15(9-11-16)20-19(24)17-7-4-12-21(17)18(23)13-14-5-2-1-3-6-14/h1-3,5-6,15-17,22H,4,7-13H2,(H,20,24). The molecule has 0 aromatic heterocycles. The zero-order valence-electron chi connectivity index (χ0n) is 14.0. The molecule has 1 aromatic carbocycles. The van der Waals surface area contributed by atoms with E-state index >= 15 is 0 Å². The highest BCUT2D eigenvalue weighted by Gasteiger charge is 2.35. The van der Waals surface area contributed by atoms with Gasteiger partial charge < -0.3 is 15.3 Å². The Balaban J connectivity index is 1.56. The van der Waals surface area contributed by atoms with Crippen LogP contribution in [0.25, 0.3) is 0 Å². The Morgan fingerprint density at radius 3 is 2.50 bits per heavy atom. The summed E-state index contributed by atoms with van der Waals surface area (Å²) in [5, 5.41) is 12.6. The molecule has 1 unspecified atom stereocenters. The van der Waals surface area contributed by atoms with Crippen molar-refractivity contribution in [3.63, 3.8) is 0 Å². The summed E-state index contributed by atoms with van der Waals surface area (Å²) in [6.07, 6.45) is 4.85. The first kappa shape index (κ1) is 17.0. The van der Waals surface area contributed by atoms with E-state index in [2.05, 4.69) is 5.32 Å². The zero-order valence-corrected chi connectivity index (χ0v) is 14.0. The number of hydrogen-bond donors (Lipinski definition) is 2. The molecule has 0 radical (unpaired) electrons. The van der Waals surface area contributed by atoms with E-state index in [-0.39, 0.29) is 30.0 Å². The van der Waals surface area contributed by atoms with Gasteiger partial charge in [-0.25, -0.2) is 0 Å². The quantitative estimate of drug-likeness (QED) is 0.882. The normalized spacial score (nSPS) is 27.0. The van der Waals surface area contributed by atoms with Gasteiger partial charge in [0, 0.05) is 12.6 Å². The number of aliphatic hydroxyl groups excluding tert-OH is 1. The van der Waals surface area contributed by atoms with Crippen molar-refractivity contribution < 1.29 is 14.7 Å². The Labute approximate surface area is 143 Å². The first-order chi connectivity index (χ1) is 11.6. The Hall–Kier alpha value is -1.88. The number of benzene rings is 1. The molecule has 0 bridgehead atoms. The summed E-state index contributed by atoms with van der Waals surface area (Å²) in [6.45, 7) is 0.660. The molecule has 1 saturated carbocycles. The molecule has 1 heterocycles. The molecule has 1 saturated heterocycles. The molecule has 5 heteroatoms. The number of carbonyl (C=O) groups is 2. The van der Waals surface area contributed by atoms with Crippen LogP contribution in [-0.4, -0.2) is 46.6 Å². The lowest BCUT2D eigenvalue weighted by atomic mass is 9.93. The molecule has 1 aromatic rings. The molecule has 3 rings (SSSR count). The third-order valence-electron chi connectivity index (χ3n) is 5.12. The van der Waals surface area contributed by atoms with Crippen molar-refractivity contribution in [3.8, 4) is 0 Å². The van der Waals surface area contributed by atoms with Gasteiger partial charge in [0.15, 0.2) is 0 Å². The fraction of sp³-hybridized carbons (Fsp3) is 0.579. The second-order valence-electron chi connectivity index (χ2n) is 6.92. The maximum absolute atomic E-state index is 12.6. The largest absolute Gasteiger partial charge is 0.393 e. The summed E-state index contributed by atoms with van der Waals surface area (Å²) in [6, 6.07) is 9.46. The number of aliphatic hydroxyl groups is 1. The van der Waals surface area contributed by atoms with Crippen molar-refractivity contribution in [1.29, 1.82) is 0 Å². The van der Waals surface area contributed by atoms with E-state index in [0.717, 1.165) is 44.1 Å². The topological polar surface area (TPSA) is 69.6 Å². The predicted molar refractivity (Wildman–Crippen MR) is 91.3 cm³/mol. The SMILES string of the molecule is O=C(NC1CCC(O)CC1)C1CCCN1C(=O)Cc1ccccc1. The van der Waals surface area contributed by atoms with Crippen LogP contribution < -0.4 is 5.32 Å². The molecule has 24 heavy (non-hydrogen) atoms. The highest BCUT2D eigenvalue weighted by atomic mass is 16.3. The molecule has 2 amide bonds. The number of amides is 2. The molecule has 5 nitrogen and oxygen atoms in total. The average Bonchev–Trinajstić information content (AvgIpc) is 3.08. The van der Waals surface area contributed by atoms with Crippen LogP contribution >= 0.6 is 0 Å². The molecular formula is C19H26N2O3. The van der Waals surface area contributed by atoms with Crippen molar-refractivity contribution in [2.75, 3.05) is 6.54 Å². The first-order valence-corrected chi connectivity index (χ1v) is 8.95. The minimum atomic E-state index is -0.340. The highest BCUT2D eigenvalue weighted by molar-refractivity contribution is 5.89. The van der Waals surface area contributed by atoms with Crippen LogP contribution in [0, 0.1) is 0 Å². The highest BCUT2D eigenvalue weighted by Crippen LogP contribution is 2.22. The van der Waals surface area contributed by atoms with Gasteiger partial charge in [0.2, 0.25) is 11.8 Å². The van der Waals surface area contributed by atoms with E-state index in [9.17, 15) is 14.7 Å². The lowest BCUT2D eigenvalue weighted by Crippen LogP contribution is -2.50. The van der Waals surface area contributed by atoms with Gasteiger partial charge in [-0.15, -0.1) is 0 Å². The van der Waals surface area contributed by atoms with Crippen molar-refractivity contribution in [3.05, 3.63) is 35.9 Å². The average molecular weight is 330 g/mol. The van der Waals surface area contributed by atoms with Crippen molar-refractivity contribution in [1.82, 2.24) is 10.2 Å². The van der Waals surface area contributed by atoms with Crippen LogP contribution in [0.4, 0.5) is 0 Å². The maximum Gasteiger partial charge on any atom is 0.243 e. The summed E-state index contributed by atoms with van der Waals surface area (Å²) < 4.78 is 0. The van der Waals surface area contributed by atoms with Crippen molar-refractivity contribution in [2.45, 2.75) is 63.1 Å². The van der Waals surface area contributed by atoms with Gasteiger partial charge in [0.25, 0.3) is 0 Å². The van der Waals surface area contributed by atoms with E-state index in [1.807, 2.05) is 30.3 Å². The fourth-order valence-corrected chi connectivity index (χ4v) is 3.73. The zero-order chi connectivity index (χ0) is 16.9. The summed E-state index contributed by atoms with van der Waals surface area (Å²) in [5.41, 5.74) is 0.981. The van der Waals surface area contributed by atoms with Crippen LogP contribution in [0.15, 0.2) is 30.3 Å². The van der Waals surface area contributed by atoms with Gasteiger partial charge in [-0.05, 0) is 44.1 Å². The Morgan fingerprint density at radius 1 is 1.08 bits per heavy atom. The number of nitrogens with zero attached hydrogens (tertiary/aromatic N) is 1. The summed E-state index contributed by atoms with van der Waals surface area (Å²) in [5.74, 6) is -0.00628. The Kier molecular flexibility index (Phi) is 5.51. The third-order valence-corrected chi connectivity index (χ3v) is 5.12. The van der Waals surface area contributed by atoms with E-state index in [0.29, 0.717) is 13.0 Å². The van der Waals surface area contributed by atoms with Crippen LogP contribution in [0.2, 0.25) is 0 Å². The van der Waals surface area contributed by atoms with Crippen molar-refractivity contribution in [2.24, 2.45) is 0 Å². The van der Waals surface area contributed by atoms with Crippen LogP contribution in [-0.2, 0) is 16.0 Å².